The Morgan fingerprint density at radius 1 is 1.16 bits per heavy atom. The lowest BCUT2D eigenvalue weighted by molar-refractivity contribution is 0.199. The summed E-state index contributed by atoms with van der Waals surface area (Å²) in [5.41, 5.74) is 3.11. The van der Waals surface area contributed by atoms with Crippen LogP contribution in [0.1, 0.15) is 29.7 Å². The summed E-state index contributed by atoms with van der Waals surface area (Å²) in [5, 5.41) is 9.99. The van der Waals surface area contributed by atoms with Gasteiger partial charge in [-0.25, -0.2) is 0 Å². The van der Waals surface area contributed by atoms with E-state index in [-0.39, 0.29) is 0 Å². The molecule has 2 aromatic carbocycles. The summed E-state index contributed by atoms with van der Waals surface area (Å²) in [7, 11) is 0. The van der Waals surface area contributed by atoms with Gasteiger partial charge in [-0.3, -0.25) is 0 Å². The molecular weight excluding hydrogens is 260 g/mol. The Balaban J connectivity index is 2.05. The van der Waals surface area contributed by atoms with E-state index in [1.54, 1.807) is 19.1 Å². The molecule has 0 aliphatic rings. The van der Waals surface area contributed by atoms with Gasteiger partial charge in [0.25, 0.3) is 0 Å². The maximum absolute atomic E-state index is 9.47. The highest BCUT2D eigenvalue weighted by molar-refractivity contribution is 6.32. The van der Waals surface area contributed by atoms with E-state index >= 15 is 0 Å². The topological polar surface area (TPSA) is 29.5 Å². The molecule has 0 radical (unpaired) electrons. The lowest BCUT2D eigenvalue weighted by Gasteiger charge is -2.11. The molecule has 0 aliphatic heterocycles. The van der Waals surface area contributed by atoms with Gasteiger partial charge in [0, 0.05) is 0 Å². The SMILES string of the molecule is Cc1ccc(COc2ccc([C@H](C)O)cc2Cl)cc1. The average Bonchev–Trinajstić information content (AvgIpc) is 2.39. The van der Waals surface area contributed by atoms with Gasteiger partial charge in [0.05, 0.1) is 11.1 Å². The van der Waals surface area contributed by atoms with E-state index in [2.05, 4.69) is 19.1 Å². The summed E-state index contributed by atoms with van der Waals surface area (Å²) in [5.74, 6) is 0.631. The monoisotopic (exact) mass is 276 g/mol. The van der Waals surface area contributed by atoms with Gasteiger partial charge >= 0.3 is 0 Å². The first kappa shape index (κ1) is 13.9. The highest BCUT2D eigenvalue weighted by Gasteiger charge is 2.06. The van der Waals surface area contributed by atoms with Crippen LogP contribution in [0.15, 0.2) is 42.5 Å². The van der Waals surface area contributed by atoms with Gasteiger partial charge in [-0.05, 0) is 37.1 Å². The number of ether oxygens (including phenoxy) is 1. The van der Waals surface area contributed by atoms with Crippen LogP contribution in [0.4, 0.5) is 0 Å². The third kappa shape index (κ3) is 3.72. The van der Waals surface area contributed by atoms with Gasteiger partial charge in [-0.2, -0.15) is 0 Å². The smallest absolute Gasteiger partial charge is 0.138 e. The zero-order valence-electron chi connectivity index (χ0n) is 11.1. The van der Waals surface area contributed by atoms with E-state index in [9.17, 15) is 5.11 Å². The standard InChI is InChI=1S/C16H17ClO2/c1-11-3-5-13(6-4-11)10-19-16-8-7-14(12(2)18)9-15(16)17/h3-9,12,18H,10H2,1-2H3/t12-/m0/s1. The summed E-state index contributed by atoms with van der Waals surface area (Å²) in [4.78, 5) is 0. The molecule has 0 fully saturated rings. The van der Waals surface area contributed by atoms with Crippen LogP contribution >= 0.6 is 11.6 Å². The molecule has 2 aromatic rings. The molecule has 0 spiro atoms. The Bertz CT molecular complexity index is 547. The van der Waals surface area contributed by atoms with E-state index in [1.165, 1.54) is 5.56 Å². The summed E-state index contributed by atoms with van der Waals surface area (Å²) in [6.07, 6.45) is -0.524. The van der Waals surface area contributed by atoms with Crippen LogP contribution in [-0.2, 0) is 6.61 Å². The Labute approximate surface area is 118 Å². The first-order valence-electron chi connectivity index (χ1n) is 6.22. The minimum absolute atomic E-state index is 0.480. The van der Waals surface area contributed by atoms with E-state index in [1.807, 2.05) is 18.2 Å². The second kappa shape index (κ2) is 6.09. The summed E-state index contributed by atoms with van der Waals surface area (Å²) in [6, 6.07) is 13.5. The van der Waals surface area contributed by atoms with Crippen molar-refractivity contribution in [3.8, 4) is 5.75 Å². The number of aryl methyl sites for hydroxylation is 1. The molecule has 1 N–H and O–H groups in total. The van der Waals surface area contributed by atoms with Gasteiger partial charge in [-0.15, -0.1) is 0 Å². The fraction of sp³-hybridized carbons (Fsp3) is 0.250. The highest BCUT2D eigenvalue weighted by atomic mass is 35.5. The summed E-state index contributed by atoms with van der Waals surface area (Å²) >= 11 is 6.13. The molecule has 0 aliphatic carbocycles. The minimum Gasteiger partial charge on any atom is -0.487 e. The molecule has 0 saturated heterocycles. The predicted octanol–water partition coefficient (Wildman–Crippen LogP) is 4.28. The summed E-state index contributed by atoms with van der Waals surface area (Å²) in [6.45, 7) is 4.24. The highest BCUT2D eigenvalue weighted by Crippen LogP contribution is 2.28. The third-order valence-electron chi connectivity index (χ3n) is 2.95. The quantitative estimate of drug-likeness (QED) is 0.903. The van der Waals surface area contributed by atoms with Gasteiger partial charge in [-0.1, -0.05) is 47.5 Å². The second-order valence-electron chi connectivity index (χ2n) is 4.64. The van der Waals surface area contributed by atoms with Gasteiger partial charge in [0.15, 0.2) is 0 Å². The van der Waals surface area contributed by atoms with Crippen molar-refractivity contribution in [2.45, 2.75) is 26.6 Å². The Hall–Kier alpha value is -1.51. The fourth-order valence-corrected chi connectivity index (χ4v) is 1.98. The maximum atomic E-state index is 9.47. The molecule has 0 unspecified atom stereocenters. The van der Waals surface area contributed by atoms with Crippen molar-refractivity contribution in [2.24, 2.45) is 0 Å². The van der Waals surface area contributed by atoms with Crippen LogP contribution in [0.25, 0.3) is 0 Å². The van der Waals surface area contributed by atoms with Gasteiger partial charge in [0.1, 0.15) is 12.4 Å². The van der Waals surface area contributed by atoms with Crippen molar-refractivity contribution in [2.75, 3.05) is 0 Å². The largest absolute Gasteiger partial charge is 0.487 e. The Morgan fingerprint density at radius 3 is 2.42 bits per heavy atom. The summed E-state index contributed by atoms with van der Waals surface area (Å²) < 4.78 is 5.68. The third-order valence-corrected chi connectivity index (χ3v) is 3.25. The number of aliphatic hydroxyl groups is 1. The number of halogens is 1. The first-order chi connectivity index (χ1) is 9.06. The van der Waals surface area contributed by atoms with Crippen molar-refractivity contribution in [3.63, 3.8) is 0 Å². The van der Waals surface area contributed by atoms with E-state index < -0.39 is 6.10 Å². The molecule has 0 heterocycles. The lowest BCUT2D eigenvalue weighted by Crippen LogP contribution is -1.97. The van der Waals surface area contributed by atoms with Crippen LogP contribution < -0.4 is 4.74 Å². The molecule has 3 heteroatoms. The normalized spacial score (nSPS) is 12.2. The number of benzene rings is 2. The lowest BCUT2D eigenvalue weighted by atomic mass is 10.1. The van der Waals surface area contributed by atoms with Crippen molar-refractivity contribution >= 4 is 11.6 Å². The van der Waals surface area contributed by atoms with Gasteiger partial charge < -0.3 is 9.84 Å². The predicted molar refractivity (Wildman–Crippen MR) is 77.6 cm³/mol. The number of rotatable bonds is 4. The molecular formula is C16H17ClO2. The minimum atomic E-state index is -0.524. The van der Waals surface area contributed by atoms with Crippen LogP contribution in [-0.4, -0.2) is 5.11 Å². The molecule has 0 amide bonds. The number of hydrogen-bond donors (Lipinski definition) is 1. The average molecular weight is 277 g/mol. The number of aliphatic hydroxyl groups excluding tert-OH is 1. The molecule has 0 bridgehead atoms. The molecule has 100 valence electrons. The van der Waals surface area contributed by atoms with Crippen molar-refractivity contribution < 1.29 is 9.84 Å². The van der Waals surface area contributed by atoms with Crippen LogP contribution in [0.5, 0.6) is 5.75 Å². The zero-order chi connectivity index (χ0) is 13.8. The maximum Gasteiger partial charge on any atom is 0.138 e. The van der Waals surface area contributed by atoms with E-state index in [0.29, 0.717) is 17.4 Å². The van der Waals surface area contributed by atoms with Crippen molar-refractivity contribution in [1.29, 1.82) is 0 Å². The Kier molecular flexibility index (Phi) is 4.46. The first-order valence-corrected chi connectivity index (χ1v) is 6.60. The number of hydrogen-bond acceptors (Lipinski definition) is 2. The van der Waals surface area contributed by atoms with E-state index in [0.717, 1.165) is 11.1 Å². The molecule has 19 heavy (non-hydrogen) atoms. The van der Waals surface area contributed by atoms with Crippen LogP contribution in [0.3, 0.4) is 0 Å². The second-order valence-corrected chi connectivity index (χ2v) is 5.05. The van der Waals surface area contributed by atoms with Crippen molar-refractivity contribution in [1.82, 2.24) is 0 Å². The van der Waals surface area contributed by atoms with Crippen molar-refractivity contribution in [3.05, 3.63) is 64.2 Å². The fourth-order valence-electron chi connectivity index (χ4n) is 1.74. The molecule has 0 saturated carbocycles. The molecule has 0 aromatic heterocycles. The molecule has 2 rings (SSSR count). The van der Waals surface area contributed by atoms with E-state index in [4.69, 9.17) is 16.3 Å². The molecule has 2 nitrogen and oxygen atoms in total. The van der Waals surface area contributed by atoms with Gasteiger partial charge in [0.2, 0.25) is 0 Å². The van der Waals surface area contributed by atoms with Crippen LogP contribution in [0, 0.1) is 6.92 Å². The van der Waals surface area contributed by atoms with Crippen LogP contribution in [0.2, 0.25) is 5.02 Å². The zero-order valence-corrected chi connectivity index (χ0v) is 11.8. The molecule has 1 atom stereocenters. The Morgan fingerprint density at radius 2 is 1.84 bits per heavy atom.